The third-order valence-electron chi connectivity index (χ3n) is 7.06. The highest BCUT2D eigenvalue weighted by Crippen LogP contribution is 2.55. The smallest absolute Gasteiger partial charge is 0.341 e. The molecule has 2 fully saturated rings. The molecule has 2 aliphatic carbocycles. The summed E-state index contributed by atoms with van der Waals surface area (Å²) in [6.07, 6.45) is 9.26. The van der Waals surface area contributed by atoms with Gasteiger partial charge in [-0.2, -0.15) is 5.10 Å². The number of nitrogens with zero attached hydrogens (tertiary/aromatic N) is 5. The van der Waals surface area contributed by atoms with Crippen LogP contribution in [0.25, 0.3) is 5.69 Å². The molecule has 0 bridgehead atoms. The molecule has 2 aliphatic rings. The van der Waals surface area contributed by atoms with Gasteiger partial charge in [-0.25, -0.2) is 9.48 Å². The zero-order valence-corrected chi connectivity index (χ0v) is 18.6. The number of aromatic nitrogens is 5. The van der Waals surface area contributed by atoms with Gasteiger partial charge in [0.15, 0.2) is 0 Å². The van der Waals surface area contributed by atoms with Crippen LogP contribution < -0.4 is 5.73 Å². The maximum atomic E-state index is 12.5. The van der Waals surface area contributed by atoms with Crippen molar-refractivity contribution in [2.45, 2.75) is 49.9 Å². The van der Waals surface area contributed by atoms with E-state index in [1.165, 1.54) is 31.9 Å². The number of aryl methyl sites for hydroxylation is 1. The maximum Gasteiger partial charge on any atom is 0.341 e. The first kappa shape index (κ1) is 20.9. The van der Waals surface area contributed by atoms with Crippen molar-refractivity contribution in [1.82, 2.24) is 24.8 Å². The lowest BCUT2D eigenvalue weighted by molar-refractivity contribution is 0.0599. The summed E-state index contributed by atoms with van der Waals surface area (Å²) in [7, 11) is 3.28. The molecule has 0 radical (unpaired) electrons. The molecule has 1 aromatic carbocycles. The highest BCUT2D eigenvalue weighted by Gasteiger charge is 2.46. The second-order valence-electron chi connectivity index (χ2n) is 9.17. The first-order valence-electron chi connectivity index (χ1n) is 11.4. The Labute approximate surface area is 187 Å². The Morgan fingerprint density at radius 3 is 2.88 bits per heavy atom. The number of nitrogens with two attached hydrogens (primary N) is 1. The summed E-state index contributed by atoms with van der Waals surface area (Å²) < 4.78 is 8.69. The van der Waals surface area contributed by atoms with Crippen molar-refractivity contribution in [2.24, 2.45) is 18.7 Å². The van der Waals surface area contributed by atoms with Crippen LogP contribution in [0.5, 0.6) is 0 Å². The zero-order valence-electron chi connectivity index (χ0n) is 18.6. The summed E-state index contributed by atoms with van der Waals surface area (Å²) in [6, 6.07) is 8.58. The third-order valence-corrected chi connectivity index (χ3v) is 7.06. The first-order valence-corrected chi connectivity index (χ1v) is 11.4. The minimum absolute atomic E-state index is 0.156. The summed E-state index contributed by atoms with van der Waals surface area (Å²) in [4.78, 5) is 12.5. The molecule has 2 unspecified atom stereocenters. The Morgan fingerprint density at radius 2 is 2.12 bits per heavy atom. The van der Waals surface area contributed by atoms with Crippen LogP contribution in [-0.4, -0.2) is 44.4 Å². The van der Waals surface area contributed by atoms with Gasteiger partial charge in [0.1, 0.15) is 5.56 Å². The van der Waals surface area contributed by atoms with Gasteiger partial charge in [-0.1, -0.05) is 23.8 Å². The summed E-state index contributed by atoms with van der Waals surface area (Å²) in [5.74, 6) is 1.15. The second-order valence-corrected chi connectivity index (χ2v) is 9.17. The quantitative estimate of drug-likeness (QED) is 0.598. The molecule has 0 saturated heterocycles. The highest BCUT2D eigenvalue weighted by molar-refractivity contribution is 5.91. The fourth-order valence-corrected chi connectivity index (χ4v) is 5.27. The zero-order chi connectivity index (χ0) is 22.2. The molecule has 0 aliphatic heterocycles. The molecule has 4 atom stereocenters. The normalized spacial score (nSPS) is 25.0. The second kappa shape index (κ2) is 8.50. The standard InChI is InChI=1S/C24H30N6O2/c1-29-14-22(27-28-29)19-11-20(19)23-21(24(31)32-2)13-26-30(23)18-8-4-7-17(10-18)16-6-3-5-15(9-16)12-25/h4,7-8,10,13-16,19-20H,3,5-6,9,11-12,25H2,1-2H3/t15-,16+,19?,20?/m0/s1. The number of ether oxygens (including phenoxy) is 1. The van der Waals surface area contributed by atoms with Crippen LogP contribution in [0.1, 0.15) is 77.2 Å². The SMILES string of the molecule is COC(=O)c1cnn(-c2cccc([C@@H]3CCC[C@H](CN)C3)c2)c1C1CC1c1cn(C)nn1. The molecule has 2 heterocycles. The lowest BCUT2D eigenvalue weighted by Crippen LogP contribution is -2.21. The van der Waals surface area contributed by atoms with Crippen molar-refractivity contribution in [3.63, 3.8) is 0 Å². The van der Waals surface area contributed by atoms with Crippen molar-refractivity contribution in [3.05, 3.63) is 59.2 Å². The Morgan fingerprint density at radius 1 is 1.25 bits per heavy atom. The van der Waals surface area contributed by atoms with E-state index in [1.807, 2.05) is 17.9 Å². The predicted molar refractivity (Wildman–Crippen MR) is 120 cm³/mol. The average Bonchev–Trinajstić information content (AvgIpc) is 3.28. The molecule has 8 heteroatoms. The van der Waals surface area contributed by atoms with Crippen molar-refractivity contribution in [1.29, 1.82) is 0 Å². The van der Waals surface area contributed by atoms with Gasteiger partial charge in [-0.05, 0) is 61.8 Å². The molecule has 8 nitrogen and oxygen atoms in total. The number of rotatable bonds is 6. The number of hydrogen-bond donors (Lipinski definition) is 1. The van der Waals surface area contributed by atoms with Gasteiger partial charge in [0.2, 0.25) is 0 Å². The minimum atomic E-state index is -0.356. The van der Waals surface area contributed by atoms with Crippen LogP contribution in [0.4, 0.5) is 0 Å². The largest absolute Gasteiger partial charge is 0.465 e. The molecular weight excluding hydrogens is 404 g/mol. The lowest BCUT2D eigenvalue weighted by atomic mass is 9.78. The maximum absolute atomic E-state index is 12.5. The van der Waals surface area contributed by atoms with Gasteiger partial charge in [0.05, 0.1) is 30.4 Å². The molecule has 168 valence electrons. The van der Waals surface area contributed by atoms with E-state index < -0.39 is 0 Å². The molecule has 3 aromatic rings. The number of carbonyl (C=O) groups is 1. The van der Waals surface area contributed by atoms with Crippen LogP contribution in [-0.2, 0) is 11.8 Å². The fourth-order valence-electron chi connectivity index (χ4n) is 5.27. The predicted octanol–water partition coefficient (Wildman–Crippen LogP) is 3.29. The molecule has 32 heavy (non-hydrogen) atoms. The van der Waals surface area contributed by atoms with Gasteiger partial charge < -0.3 is 10.5 Å². The minimum Gasteiger partial charge on any atom is -0.465 e. The van der Waals surface area contributed by atoms with Crippen LogP contribution >= 0.6 is 0 Å². The van der Waals surface area contributed by atoms with E-state index in [2.05, 4.69) is 39.7 Å². The third kappa shape index (κ3) is 3.83. The van der Waals surface area contributed by atoms with E-state index in [0.717, 1.165) is 36.5 Å². The Hall–Kier alpha value is -3.00. The van der Waals surface area contributed by atoms with E-state index in [4.69, 9.17) is 10.5 Å². The van der Waals surface area contributed by atoms with Gasteiger partial charge in [0.25, 0.3) is 0 Å². The van der Waals surface area contributed by atoms with Gasteiger partial charge in [-0.3, -0.25) is 4.68 Å². The first-order chi connectivity index (χ1) is 15.6. The van der Waals surface area contributed by atoms with E-state index >= 15 is 0 Å². The number of hydrogen-bond acceptors (Lipinski definition) is 6. The molecule has 5 rings (SSSR count). The average molecular weight is 435 g/mol. The monoisotopic (exact) mass is 434 g/mol. The Balaban J connectivity index is 1.49. The topological polar surface area (TPSA) is 101 Å². The molecule has 0 spiro atoms. The molecule has 2 aromatic heterocycles. The Bertz CT molecular complexity index is 1120. The van der Waals surface area contributed by atoms with Gasteiger partial charge in [0, 0.05) is 25.1 Å². The van der Waals surface area contributed by atoms with Crippen molar-refractivity contribution >= 4 is 5.97 Å². The summed E-state index contributed by atoms with van der Waals surface area (Å²) in [6.45, 7) is 0.757. The Kier molecular flexibility index (Phi) is 5.55. The van der Waals surface area contributed by atoms with E-state index in [0.29, 0.717) is 17.4 Å². The number of esters is 1. The van der Waals surface area contributed by atoms with Crippen LogP contribution in [0, 0.1) is 5.92 Å². The highest BCUT2D eigenvalue weighted by atomic mass is 16.5. The molecule has 2 N–H and O–H groups in total. The van der Waals surface area contributed by atoms with E-state index in [-0.39, 0.29) is 17.8 Å². The van der Waals surface area contributed by atoms with Crippen LogP contribution in [0.3, 0.4) is 0 Å². The number of carbonyl (C=O) groups excluding carboxylic acids is 1. The van der Waals surface area contributed by atoms with E-state index in [1.54, 1.807) is 10.9 Å². The molecule has 2 saturated carbocycles. The summed E-state index contributed by atoms with van der Waals surface area (Å²) in [5.41, 5.74) is 10.6. The summed E-state index contributed by atoms with van der Waals surface area (Å²) in [5, 5.41) is 13.0. The van der Waals surface area contributed by atoms with Gasteiger partial charge in [-0.15, -0.1) is 5.10 Å². The fraction of sp³-hybridized carbons (Fsp3) is 0.500. The van der Waals surface area contributed by atoms with Gasteiger partial charge >= 0.3 is 5.97 Å². The van der Waals surface area contributed by atoms with Crippen molar-refractivity contribution in [3.8, 4) is 5.69 Å². The molecular formula is C24H30N6O2. The van der Waals surface area contributed by atoms with Crippen molar-refractivity contribution < 1.29 is 9.53 Å². The summed E-state index contributed by atoms with van der Waals surface area (Å²) >= 11 is 0. The van der Waals surface area contributed by atoms with Crippen LogP contribution in [0.15, 0.2) is 36.7 Å². The van der Waals surface area contributed by atoms with E-state index in [9.17, 15) is 4.79 Å². The van der Waals surface area contributed by atoms with Crippen LogP contribution in [0.2, 0.25) is 0 Å². The number of methoxy groups -OCH3 is 1. The number of benzene rings is 1. The molecule has 0 amide bonds. The lowest BCUT2D eigenvalue weighted by Gasteiger charge is -2.28. The van der Waals surface area contributed by atoms with Crippen molar-refractivity contribution in [2.75, 3.05) is 13.7 Å².